The second kappa shape index (κ2) is 5.60. The zero-order valence-corrected chi connectivity index (χ0v) is 11.1. The van der Waals surface area contributed by atoms with E-state index < -0.39 is 42.3 Å². The van der Waals surface area contributed by atoms with Crippen LogP contribution in [0.15, 0.2) is 18.2 Å². The van der Waals surface area contributed by atoms with Crippen molar-refractivity contribution in [3.05, 3.63) is 35.4 Å². The fourth-order valence-electron chi connectivity index (χ4n) is 2.20. The summed E-state index contributed by atoms with van der Waals surface area (Å²) in [6.07, 6.45) is -0.959. The Labute approximate surface area is 118 Å². The minimum absolute atomic E-state index is 0.0568. The number of alkyl halides is 3. The molecule has 1 aliphatic rings. The van der Waals surface area contributed by atoms with Crippen molar-refractivity contribution in [3.63, 3.8) is 0 Å². The zero-order chi connectivity index (χ0) is 14.9. The van der Waals surface area contributed by atoms with E-state index in [0.29, 0.717) is 0 Å². The molecule has 2 rings (SSSR count). The number of amides is 1. The van der Waals surface area contributed by atoms with Gasteiger partial charge >= 0.3 is 0 Å². The summed E-state index contributed by atoms with van der Waals surface area (Å²) in [4.78, 5) is 12.8. The third-order valence-electron chi connectivity index (χ3n) is 3.29. The lowest BCUT2D eigenvalue weighted by Crippen LogP contribution is -2.53. The first-order valence-corrected chi connectivity index (χ1v) is 6.53. The number of hydrogen-bond donors (Lipinski definition) is 0. The van der Waals surface area contributed by atoms with Crippen LogP contribution in [0.4, 0.5) is 17.6 Å². The second-order valence-corrected chi connectivity index (χ2v) is 5.08. The van der Waals surface area contributed by atoms with E-state index in [9.17, 15) is 22.4 Å². The molecule has 1 aliphatic carbocycles. The number of hydrogen-bond acceptors (Lipinski definition) is 1. The van der Waals surface area contributed by atoms with E-state index in [4.69, 9.17) is 11.6 Å². The highest BCUT2D eigenvalue weighted by molar-refractivity contribution is 6.27. The van der Waals surface area contributed by atoms with E-state index >= 15 is 0 Å². The summed E-state index contributed by atoms with van der Waals surface area (Å²) in [7, 11) is 0. The zero-order valence-electron chi connectivity index (χ0n) is 10.4. The van der Waals surface area contributed by atoms with E-state index in [1.54, 1.807) is 0 Å². The first-order valence-electron chi connectivity index (χ1n) is 5.99. The van der Waals surface area contributed by atoms with Crippen molar-refractivity contribution < 1.29 is 22.4 Å². The third-order valence-corrected chi connectivity index (χ3v) is 3.52. The van der Waals surface area contributed by atoms with Gasteiger partial charge in [-0.25, -0.2) is 17.6 Å². The van der Waals surface area contributed by atoms with Crippen molar-refractivity contribution in [2.45, 2.75) is 31.4 Å². The molecule has 1 saturated carbocycles. The number of carbonyl (C=O) groups is 1. The van der Waals surface area contributed by atoms with Crippen LogP contribution >= 0.6 is 11.6 Å². The Hall–Kier alpha value is -1.30. The summed E-state index contributed by atoms with van der Waals surface area (Å²) >= 11 is 5.43. The van der Waals surface area contributed by atoms with Gasteiger partial charge in [-0.2, -0.15) is 0 Å². The summed E-state index contributed by atoms with van der Waals surface area (Å²) < 4.78 is 52.4. The van der Waals surface area contributed by atoms with Crippen LogP contribution in [0.1, 0.15) is 18.4 Å². The SMILES string of the molecule is O=C(CCl)N(Cc1cc(F)ccc1F)C1CC(F)(F)C1. The molecule has 0 spiro atoms. The van der Waals surface area contributed by atoms with Crippen LogP contribution in [0.3, 0.4) is 0 Å². The van der Waals surface area contributed by atoms with Crippen molar-refractivity contribution in [2.24, 2.45) is 0 Å². The Morgan fingerprint density at radius 2 is 2.00 bits per heavy atom. The van der Waals surface area contributed by atoms with Crippen molar-refractivity contribution in [3.8, 4) is 0 Å². The van der Waals surface area contributed by atoms with Gasteiger partial charge in [-0.05, 0) is 18.2 Å². The monoisotopic (exact) mass is 309 g/mol. The summed E-state index contributed by atoms with van der Waals surface area (Å²) in [5.74, 6) is -5.12. The van der Waals surface area contributed by atoms with Gasteiger partial charge in [0.25, 0.3) is 5.92 Å². The molecule has 110 valence electrons. The van der Waals surface area contributed by atoms with Crippen molar-refractivity contribution in [2.75, 3.05) is 5.88 Å². The van der Waals surface area contributed by atoms with E-state index in [-0.39, 0.29) is 18.0 Å². The molecule has 1 amide bonds. The molecule has 0 N–H and O–H groups in total. The first kappa shape index (κ1) is 15.1. The van der Waals surface area contributed by atoms with Crippen LogP contribution in [0, 0.1) is 11.6 Å². The molecule has 7 heteroatoms. The number of rotatable bonds is 4. The molecule has 0 aromatic heterocycles. The highest BCUT2D eigenvalue weighted by Gasteiger charge is 2.49. The maximum atomic E-state index is 13.5. The lowest BCUT2D eigenvalue weighted by Gasteiger charge is -2.42. The normalized spacial score (nSPS) is 17.6. The van der Waals surface area contributed by atoms with E-state index in [2.05, 4.69) is 0 Å². The third kappa shape index (κ3) is 3.23. The van der Waals surface area contributed by atoms with Crippen LogP contribution in [-0.2, 0) is 11.3 Å². The maximum absolute atomic E-state index is 13.5. The topological polar surface area (TPSA) is 20.3 Å². The molecule has 0 atom stereocenters. The lowest BCUT2D eigenvalue weighted by molar-refractivity contribution is -0.152. The second-order valence-electron chi connectivity index (χ2n) is 4.81. The van der Waals surface area contributed by atoms with E-state index in [1.807, 2.05) is 0 Å². The number of carbonyl (C=O) groups excluding carboxylic acids is 1. The molecule has 0 heterocycles. The first-order chi connectivity index (χ1) is 9.32. The van der Waals surface area contributed by atoms with Crippen LogP contribution in [-0.4, -0.2) is 28.7 Å². The van der Waals surface area contributed by atoms with E-state index in [1.165, 1.54) is 0 Å². The minimum Gasteiger partial charge on any atom is -0.334 e. The Bertz CT molecular complexity index is 515. The molecule has 0 unspecified atom stereocenters. The highest BCUT2D eigenvalue weighted by atomic mass is 35.5. The number of halogens is 5. The molecule has 20 heavy (non-hydrogen) atoms. The van der Waals surface area contributed by atoms with Crippen LogP contribution < -0.4 is 0 Å². The highest BCUT2D eigenvalue weighted by Crippen LogP contribution is 2.41. The molecule has 0 bridgehead atoms. The fourth-order valence-corrected chi connectivity index (χ4v) is 2.35. The maximum Gasteiger partial charge on any atom is 0.252 e. The van der Waals surface area contributed by atoms with Crippen molar-refractivity contribution in [1.82, 2.24) is 4.90 Å². The molecule has 1 aromatic rings. The van der Waals surface area contributed by atoms with Gasteiger partial charge in [-0.15, -0.1) is 11.6 Å². The molecule has 0 aliphatic heterocycles. The quantitative estimate of drug-likeness (QED) is 0.617. The minimum atomic E-state index is -2.81. The summed E-state index contributed by atoms with van der Waals surface area (Å²) in [6.45, 7) is -0.268. The molecular weight excluding hydrogens is 298 g/mol. The number of benzene rings is 1. The van der Waals surface area contributed by atoms with E-state index in [0.717, 1.165) is 23.1 Å². The van der Waals surface area contributed by atoms with Crippen LogP contribution in [0.25, 0.3) is 0 Å². The van der Waals surface area contributed by atoms with Gasteiger partial charge in [0.2, 0.25) is 5.91 Å². The Morgan fingerprint density at radius 1 is 1.35 bits per heavy atom. The van der Waals surface area contributed by atoms with Crippen molar-refractivity contribution >= 4 is 17.5 Å². The van der Waals surface area contributed by atoms with Gasteiger partial charge < -0.3 is 4.90 Å². The summed E-state index contributed by atoms with van der Waals surface area (Å²) in [6, 6.07) is 2.13. The molecule has 1 aromatic carbocycles. The molecule has 2 nitrogen and oxygen atoms in total. The van der Waals surface area contributed by atoms with Gasteiger partial charge in [0, 0.05) is 31.0 Å². The largest absolute Gasteiger partial charge is 0.334 e. The van der Waals surface area contributed by atoms with Gasteiger partial charge in [0.05, 0.1) is 0 Å². The average molecular weight is 310 g/mol. The van der Waals surface area contributed by atoms with Gasteiger partial charge in [0.1, 0.15) is 17.5 Å². The smallest absolute Gasteiger partial charge is 0.252 e. The Kier molecular flexibility index (Phi) is 4.22. The van der Waals surface area contributed by atoms with Gasteiger partial charge in [0.15, 0.2) is 0 Å². The molecular formula is C13H12ClF4NO. The predicted molar refractivity (Wildman–Crippen MR) is 65.6 cm³/mol. The number of nitrogens with zero attached hydrogens (tertiary/aromatic N) is 1. The molecule has 0 radical (unpaired) electrons. The average Bonchev–Trinajstić information content (AvgIpc) is 2.36. The summed E-state index contributed by atoms with van der Waals surface area (Å²) in [5.41, 5.74) is -0.0568. The standard InChI is InChI=1S/C13H12ClF4NO/c14-6-12(20)19(10-4-13(17,18)5-10)7-8-3-9(15)1-2-11(8)16/h1-3,10H,4-7H2. The van der Waals surface area contributed by atoms with Crippen LogP contribution in [0.5, 0.6) is 0 Å². The molecule has 1 fully saturated rings. The predicted octanol–water partition coefficient (Wildman–Crippen LogP) is 3.33. The molecule has 0 saturated heterocycles. The Morgan fingerprint density at radius 3 is 2.55 bits per heavy atom. The van der Waals surface area contributed by atoms with Gasteiger partial charge in [-0.3, -0.25) is 4.79 Å². The van der Waals surface area contributed by atoms with Gasteiger partial charge in [-0.1, -0.05) is 0 Å². The Balaban J connectivity index is 2.16. The lowest BCUT2D eigenvalue weighted by atomic mass is 9.86. The fraction of sp³-hybridized carbons (Fsp3) is 0.462. The van der Waals surface area contributed by atoms with Crippen LogP contribution in [0.2, 0.25) is 0 Å². The summed E-state index contributed by atoms with van der Waals surface area (Å²) in [5, 5.41) is 0. The van der Waals surface area contributed by atoms with Crippen molar-refractivity contribution in [1.29, 1.82) is 0 Å².